The van der Waals surface area contributed by atoms with Crippen LogP contribution in [0.15, 0.2) is 59.5 Å². The van der Waals surface area contributed by atoms with Crippen molar-refractivity contribution in [1.29, 1.82) is 10.5 Å². The lowest BCUT2D eigenvalue weighted by molar-refractivity contribution is 0.213. The van der Waals surface area contributed by atoms with E-state index in [1.807, 2.05) is 12.1 Å². The van der Waals surface area contributed by atoms with Gasteiger partial charge in [-0.3, -0.25) is 4.79 Å². The summed E-state index contributed by atoms with van der Waals surface area (Å²) in [5.74, 6) is 1.00. The smallest absolute Gasteiger partial charge is 0.292 e. The highest BCUT2D eigenvalue weighted by Gasteiger charge is 2.12. The van der Waals surface area contributed by atoms with Gasteiger partial charge in [-0.1, -0.05) is 11.6 Å². The standard InChI is InChI=1S/C19H11ClN4O3/c20-18-17(27-16-7-3-14(10-22)4-8-16)11-23-24(19(18)25)12-26-15-5-1-13(9-21)2-6-15/h1-8,11H,12H2. The fraction of sp³-hybridized carbons (Fsp3) is 0.0526. The van der Waals surface area contributed by atoms with Crippen LogP contribution in [0.2, 0.25) is 5.02 Å². The minimum Gasteiger partial charge on any atom is -0.471 e. The van der Waals surface area contributed by atoms with Gasteiger partial charge < -0.3 is 9.47 Å². The van der Waals surface area contributed by atoms with E-state index < -0.39 is 5.56 Å². The van der Waals surface area contributed by atoms with Gasteiger partial charge in [-0.2, -0.15) is 20.3 Å². The summed E-state index contributed by atoms with van der Waals surface area (Å²) >= 11 is 6.09. The highest BCUT2D eigenvalue weighted by Crippen LogP contribution is 2.25. The van der Waals surface area contributed by atoms with Gasteiger partial charge >= 0.3 is 0 Å². The van der Waals surface area contributed by atoms with E-state index in [0.717, 1.165) is 4.68 Å². The van der Waals surface area contributed by atoms with Crippen LogP contribution in [0.5, 0.6) is 17.2 Å². The van der Waals surface area contributed by atoms with Crippen LogP contribution in [-0.4, -0.2) is 9.78 Å². The predicted molar refractivity (Wildman–Crippen MR) is 96.5 cm³/mol. The Balaban J connectivity index is 1.73. The first-order valence-electron chi connectivity index (χ1n) is 7.67. The highest BCUT2D eigenvalue weighted by molar-refractivity contribution is 6.31. The van der Waals surface area contributed by atoms with Gasteiger partial charge in [0.1, 0.15) is 11.5 Å². The molecule has 7 nitrogen and oxygen atoms in total. The zero-order valence-corrected chi connectivity index (χ0v) is 14.6. The summed E-state index contributed by atoms with van der Waals surface area (Å²) in [6.07, 6.45) is 1.31. The normalized spacial score (nSPS) is 9.89. The fourth-order valence-electron chi connectivity index (χ4n) is 2.10. The van der Waals surface area contributed by atoms with E-state index in [4.69, 9.17) is 31.6 Å². The lowest BCUT2D eigenvalue weighted by Crippen LogP contribution is -2.25. The zero-order chi connectivity index (χ0) is 19.2. The molecule has 3 aromatic rings. The lowest BCUT2D eigenvalue weighted by atomic mass is 10.2. The number of nitrogens with zero attached hydrogens (tertiary/aromatic N) is 4. The van der Waals surface area contributed by atoms with Crippen molar-refractivity contribution in [1.82, 2.24) is 9.78 Å². The van der Waals surface area contributed by atoms with E-state index in [-0.39, 0.29) is 17.5 Å². The summed E-state index contributed by atoms with van der Waals surface area (Å²) in [6, 6.07) is 16.8. The van der Waals surface area contributed by atoms with Gasteiger partial charge in [0.15, 0.2) is 17.5 Å². The number of hydrogen-bond donors (Lipinski definition) is 0. The molecule has 0 radical (unpaired) electrons. The lowest BCUT2D eigenvalue weighted by Gasteiger charge is -2.10. The van der Waals surface area contributed by atoms with Crippen LogP contribution in [0, 0.1) is 22.7 Å². The van der Waals surface area contributed by atoms with E-state index in [9.17, 15) is 4.79 Å². The Labute approximate surface area is 159 Å². The van der Waals surface area contributed by atoms with Crippen LogP contribution >= 0.6 is 11.6 Å². The molecular weight excluding hydrogens is 368 g/mol. The summed E-state index contributed by atoms with van der Waals surface area (Å²) in [7, 11) is 0. The second kappa shape index (κ2) is 8.05. The second-order valence-corrected chi connectivity index (χ2v) is 5.65. The number of ether oxygens (including phenoxy) is 2. The van der Waals surface area contributed by atoms with Gasteiger partial charge in [-0.25, -0.2) is 0 Å². The van der Waals surface area contributed by atoms with Crippen LogP contribution in [0.3, 0.4) is 0 Å². The summed E-state index contributed by atoms with van der Waals surface area (Å²) in [5, 5.41) is 21.4. The Morgan fingerprint density at radius 3 is 2.07 bits per heavy atom. The maximum Gasteiger partial charge on any atom is 0.292 e. The van der Waals surface area contributed by atoms with Crippen LogP contribution in [0.1, 0.15) is 11.1 Å². The molecule has 0 bridgehead atoms. The Kier molecular flexibility index (Phi) is 5.36. The minimum atomic E-state index is -0.573. The molecule has 1 aromatic heterocycles. The minimum absolute atomic E-state index is 0.0981. The third-order valence-corrected chi connectivity index (χ3v) is 3.85. The number of benzene rings is 2. The molecule has 0 saturated heterocycles. The van der Waals surface area contributed by atoms with Gasteiger partial charge in [0.05, 0.1) is 29.5 Å². The molecule has 27 heavy (non-hydrogen) atoms. The molecule has 0 aliphatic heterocycles. The first-order chi connectivity index (χ1) is 13.1. The molecule has 0 fully saturated rings. The van der Waals surface area contributed by atoms with Crippen molar-refractivity contribution in [2.75, 3.05) is 0 Å². The maximum absolute atomic E-state index is 12.3. The third kappa shape index (κ3) is 4.24. The SMILES string of the molecule is N#Cc1ccc(OCn2ncc(Oc3ccc(C#N)cc3)c(Cl)c2=O)cc1. The summed E-state index contributed by atoms with van der Waals surface area (Å²) in [6.45, 7) is -0.151. The number of halogens is 1. The van der Waals surface area contributed by atoms with E-state index in [1.54, 1.807) is 48.5 Å². The first-order valence-corrected chi connectivity index (χ1v) is 8.05. The second-order valence-electron chi connectivity index (χ2n) is 5.28. The molecule has 1 heterocycles. The largest absolute Gasteiger partial charge is 0.471 e. The maximum atomic E-state index is 12.3. The Hall–Kier alpha value is -3.81. The summed E-state index contributed by atoms with van der Waals surface area (Å²) in [4.78, 5) is 12.3. The van der Waals surface area contributed by atoms with E-state index >= 15 is 0 Å². The number of nitriles is 2. The highest BCUT2D eigenvalue weighted by atomic mass is 35.5. The van der Waals surface area contributed by atoms with Gasteiger partial charge in [0.25, 0.3) is 5.56 Å². The Bertz CT molecular complexity index is 1090. The average molecular weight is 379 g/mol. The molecule has 0 atom stereocenters. The summed E-state index contributed by atoms with van der Waals surface area (Å²) in [5.41, 5.74) is 0.420. The Morgan fingerprint density at radius 2 is 1.52 bits per heavy atom. The number of hydrogen-bond acceptors (Lipinski definition) is 6. The van der Waals surface area contributed by atoms with E-state index in [2.05, 4.69) is 5.10 Å². The van der Waals surface area contributed by atoms with E-state index in [0.29, 0.717) is 22.6 Å². The van der Waals surface area contributed by atoms with E-state index in [1.165, 1.54) is 6.20 Å². The predicted octanol–water partition coefficient (Wildman–Crippen LogP) is 3.47. The molecule has 132 valence electrons. The number of aromatic nitrogens is 2. The van der Waals surface area contributed by atoms with Gasteiger partial charge in [-0.05, 0) is 48.5 Å². The summed E-state index contributed by atoms with van der Waals surface area (Å²) < 4.78 is 12.1. The van der Waals surface area contributed by atoms with Crippen LogP contribution in [0.4, 0.5) is 0 Å². The van der Waals surface area contributed by atoms with Crippen LogP contribution in [0.25, 0.3) is 0 Å². The van der Waals surface area contributed by atoms with Crippen molar-refractivity contribution < 1.29 is 9.47 Å². The molecule has 3 rings (SSSR count). The van der Waals surface area contributed by atoms with Gasteiger partial charge in [0.2, 0.25) is 0 Å². The first kappa shape index (κ1) is 18.0. The third-order valence-electron chi connectivity index (χ3n) is 3.50. The van der Waals surface area contributed by atoms with Crippen LogP contribution in [-0.2, 0) is 6.73 Å². The van der Waals surface area contributed by atoms with Gasteiger partial charge in [-0.15, -0.1) is 0 Å². The molecule has 0 aliphatic rings. The molecule has 8 heteroatoms. The molecule has 0 amide bonds. The molecule has 0 saturated carbocycles. The Morgan fingerprint density at radius 1 is 0.963 bits per heavy atom. The topological polar surface area (TPSA) is 101 Å². The monoisotopic (exact) mass is 378 g/mol. The fourth-order valence-corrected chi connectivity index (χ4v) is 2.28. The molecular formula is C19H11ClN4O3. The molecule has 0 unspecified atom stereocenters. The van der Waals surface area contributed by atoms with Crippen molar-refractivity contribution in [2.45, 2.75) is 6.73 Å². The zero-order valence-electron chi connectivity index (χ0n) is 13.8. The average Bonchev–Trinajstić information content (AvgIpc) is 2.72. The van der Waals surface area contributed by atoms with Crippen molar-refractivity contribution in [2.24, 2.45) is 0 Å². The van der Waals surface area contributed by atoms with Crippen molar-refractivity contribution in [3.05, 3.63) is 81.2 Å². The van der Waals surface area contributed by atoms with Crippen molar-refractivity contribution >= 4 is 11.6 Å². The van der Waals surface area contributed by atoms with Gasteiger partial charge in [0, 0.05) is 0 Å². The van der Waals surface area contributed by atoms with Crippen molar-refractivity contribution in [3.63, 3.8) is 0 Å². The molecule has 0 aliphatic carbocycles. The molecule has 2 aromatic carbocycles. The van der Waals surface area contributed by atoms with Crippen molar-refractivity contribution in [3.8, 4) is 29.4 Å². The quantitative estimate of drug-likeness (QED) is 0.673. The van der Waals surface area contributed by atoms with Crippen LogP contribution < -0.4 is 15.0 Å². The number of rotatable bonds is 5. The molecule has 0 N–H and O–H groups in total. The molecule has 0 spiro atoms.